The minimum absolute atomic E-state index is 0.171. The van der Waals surface area contributed by atoms with Gasteiger partial charge in [-0.25, -0.2) is 13.5 Å². The van der Waals surface area contributed by atoms with Gasteiger partial charge in [0.25, 0.3) is 0 Å². The van der Waals surface area contributed by atoms with Gasteiger partial charge in [-0.2, -0.15) is 10.2 Å². The van der Waals surface area contributed by atoms with Crippen LogP contribution < -0.4 is 5.32 Å². The van der Waals surface area contributed by atoms with Crippen LogP contribution in [0.2, 0.25) is 0 Å². The summed E-state index contributed by atoms with van der Waals surface area (Å²) in [5.41, 5.74) is 4.94. The van der Waals surface area contributed by atoms with Gasteiger partial charge in [0.1, 0.15) is 11.6 Å². The topological polar surface area (TPSA) is 47.7 Å². The average molecular weight is 385 g/mol. The number of hydrogen-bond donors (Lipinski definition) is 1. The first-order valence-electron chi connectivity index (χ1n) is 9.84. The van der Waals surface area contributed by atoms with Crippen molar-refractivity contribution in [1.29, 1.82) is 0 Å². The molecule has 0 spiro atoms. The number of benzene rings is 1. The molecule has 4 rings (SSSR count). The predicted molar refractivity (Wildman–Crippen MR) is 103 cm³/mol. The Bertz CT molecular complexity index is 955. The number of halogens is 2. The van der Waals surface area contributed by atoms with Gasteiger partial charge in [0, 0.05) is 47.7 Å². The zero-order valence-electron chi connectivity index (χ0n) is 16.3. The fourth-order valence-electron chi connectivity index (χ4n) is 3.98. The summed E-state index contributed by atoms with van der Waals surface area (Å²) >= 11 is 0. The fourth-order valence-corrected chi connectivity index (χ4v) is 3.98. The van der Waals surface area contributed by atoms with Crippen molar-refractivity contribution in [1.82, 2.24) is 24.9 Å². The number of nitrogens with zero attached hydrogens (tertiary/aromatic N) is 4. The Hall–Kier alpha value is -2.54. The minimum atomic E-state index is -0.593. The number of rotatable bonds is 6. The highest BCUT2D eigenvalue weighted by atomic mass is 19.1. The number of nitrogens with one attached hydrogen (secondary N) is 1. The van der Waals surface area contributed by atoms with Crippen LogP contribution >= 0.6 is 0 Å². The molecule has 3 aromatic rings. The highest BCUT2D eigenvalue weighted by Gasteiger charge is 2.25. The van der Waals surface area contributed by atoms with E-state index in [0.717, 1.165) is 56.1 Å². The second-order valence-electron chi connectivity index (χ2n) is 7.39. The molecular weight excluding hydrogens is 360 g/mol. The molecule has 2 heterocycles. The maximum absolute atomic E-state index is 13.6. The van der Waals surface area contributed by atoms with Crippen LogP contribution in [0.4, 0.5) is 8.78 Å². The Morgan fingerprint density at radius 1 is 1.14 bits per heavy atom. The summed E-state index contributed by atoms with van der Waals surface area (Å²) in [6.07, 6.45) is 7.67. The lowest BCUT2D eigenvalue weighted by Gasteiger charge is -2.24. The van der Waals surface area contributed by atoms with Crippen LogP contribution in [-0.4, -0.2) is 19.6 Å². The molecule has 0 bridgehead atoms. The second kappa shape index (κ2) is 7.83. The minimum Gasteiger partial charge on any atom is -0.306 e. The molecule has 1 aliphatic rings. The van der Waals surface area contributed by atoms with E-state index in [9.17, 15) is 8.78 Å². The predicted octanol–water partition coefficient (Wildman–Crippen LogP) is 4.23. The molecule has 28 heavy (non-hydrogen) atoms. The number of fused-ring (bicyclic) bond motifs is 1. The van der Waals surface area contributed by atoms with Crippen LogP contribution in [0.25, 0.3) is 5.69 Å². The molecule has 0 saturated heterocycles. The first-order chi connectivity index (χ1) is 13.6. The van der Waals surface area contributed by atoms with Gasteiger partial charge in [0.05, 0.1) is 18.1 Å². The quantitative estimate of drug-likeness (QED) is 0.691. The zero-order valence-corrected chi connectivity index (χ0v) is 16.3. The summed E-state index contributed by atoms with van der Waals surface area (Å²) < 4.78 is 31.0. The summed E-state index contributed by atoms with van der Waals surface area (Å²) in [5, 5.41) is 12.5. The molecule has 0 amide bonds. The number of aromatic nitrogens is 4. The van der Waals surface area contributed by atoms with Crippen LogP contribution in [0.15, 0.2) is 30.6 Å². The molecule has 0 unspecified atom stereocenters. The Morgan fingerprint density at radius 2 is 1.93 bits per heavy atom. The molecule has 1 atom stereocenters. The van der Waals surface area contributed by atoms with E-state index in [1.54, 1.807) is 4.68 Å². The average Bonchev–Trinajstić information content (AvgIpc) is 3.24. The highest BCUT2D eigenvalue weighted by Crippen LogP contribution is 2.31. The Morgan fingerprint density at radius 3 is 2.68 bits per heavy atom. The van der Waals surface area contributed by atoms with E-state index < -0.39 is 11.6 Å². The smallest absolute Gasteiger partial charge is 0.128 e. The first kappa shape index (κ1) is 18.8. The van der Waals surface area contributed by atoms with E-state index in [1.807, 2.05) is 17.1 Å². The SMILES string of the molecule is CCCn1ncc(CN[C@H]2CCCc3c2cnn3-c2cc(F)cc(F)c2)c1C. The third-order valence-electron chi connectivity index (χ3n) is 5.45. The van der Waals surface area contributed by atoms with E-state index in [0.29, 0.717) is 5.69 Å². The van der Waals surface area contributed by atoms with Crippen LogP contribution in [-0.2, 0) is 19.5 Å². The van der Waals surface area contributed by atoms with Crippen molar-refractivity contribution in [3.63, 3.8) is 0 Å². The van der Waals surface area contributed by atoms with Gasteiger partial charge in [-0.1, -0.05) is 6.92 Å². The largest absolute Gasteiger partial charge is 0.306 e. The second-order valence-corrected chi connectivity index (χ2v) is 7.39. The summed E-state index contributed by atoms with van der Waals surface area (Å²) in [6, 6.07) is 3.69. The Labute approximate surface area is 163 Å². The van der Waals surface area contributed by atoms with Crippen molar-refractivity contribution in [3.8, 4) is 5.69 Å². The molecule has 0 radical (unpaired) electrons. The van der Waals surface area contributed by atoms with Crippen molar-refractivity contribution >= 4 is 0 Å². The zero-order chi connectivity index (χ0) is 19.7. The van der Waals surface area contributed by atoms with Gasteiger partial charge in [-0.3, -0.25) is 4.68 Å². The van der Waals surface area contributed by atoms with Crippen molar-refractivity contribution in [3.05, 3.63) is 64.7 Å². The maximum Gasteiger partial charge on any atom is 0.128 e. The molecule has 1 aliphatic carbocycles. The van der Waals surface area contributed by atoms with E-state index >= 15 is 0 Å². The number of hydrogen-bond acceptors (Lipinski definition) is 3. The molecule has 1 N–H and O–H groups in total. The summed E-state index contributed by atoms with van der Waals surface area (Å²) in [7, 11) is 0. The maximum atomic E-state index is 13.6. The summed E-state index contributed by atoms with van der Waals surface area (Å²) in [4.78, 5) is 0. The lowest BCUT2D eigenvalue weighted by molar-refractivity contribution is 0.453. The molecular formula is C21H25F2N5. The number of aryl methyl sites for hydroxylation is 1. The van der Waals surface area contributed by atoms with E-state index in [-0.39, 0.29) is 6.04 Å². The Kier molecular flexibility index (Phi) is 5.26. The van der Waals surface area contributed by atoms with E-state index in [2.05, 4.69) is 29.4 Å². The highest BCUT2D eigenvalue weighted by molar-refractivity contribution is 5.38. The Balaban J connectivity index is 1.54. The monoisotopic (exact) mass is 385 g/mol. The molecule has 7 heteroatoms. The molecule has 1 aromatic carbocycles. The standard InChI is InChI=1S/C21H25F2N5/c1-3-7-27-14(2)15(12-25-27)11-24-20-5-4-6-21-19(20)13-26-28(21)18-9-16(22)8-17(23)10-18/h8-10,12-13,20,24H,3-7,11H2,1-2H3/t20-/m0/s1. The van der Waals surface area contributed by atoms with Gasteiger partial charge in [-0.05, 0) is 44.7 Å². The van der Waals surface area contributed by atoms with Gasteiger partial charge >= 0.3 is 0 Å². The molecule has 0 aliphatic heterocycles. The van der Waals surface area contributed by atoms with Gasteiger partial charge in [0.15, 0.2) is 0 Å². The molecule has 148 valence electrons. The van der Waals surface area contributed by atoms with Gasteiger partial charge in [0.2, 0.25) is 0 Å². The van der Waals surface area contributed by atoms with Crippen LogP contribution in [0.3, 0.4) is 0 Å². The van der Waals surface area contributed by atoms with E-state index in [4.69, 9.17) is 0 Å². The van der Waals surface area contributed by atoms with Crippen molar-refractivity contribution in [2.75, 3.05) is 0 Å². The lowest BCUT2D eigenvalue weighted by atomic mass is 9.92. The molecule has 5 nitrogen and oxygen atoms in total. The normalized spacial score (nSPS) is 16.4. The lowest BCUT2D eigenvalue weighted by Crippen LogP contribution is -2.25. The third-order valence-corrected chi connectivity index (χ3v) is 5.45. The fraction of sp³-hybridized carbons (Fsp3) is 0.429. The molecule has 0 fully saturated rings. The van der Waals surface area contributed by atoms with Crippen molar-refractivity contribution < 1.29 is 8.78 Å². The van der Waals surface area contributed by atoms with Crippen LogP contribution in [0.1, 0.15) is 54.7 Å². The van der Waals surface area contributed by atoms with Crippen LogP contribution in [0, 0.1) is 18.6 Å². The van der Waals surface area contributed by atoms with Crippen molar-refractivity contribution in [2.45, 2.75) is 58.7 Å². The molecule has 0 saturated carbocycles. The van der Waals surface area contributed by atoms with Gasteiger partial charge in [-0.15, -0.1) is 0 Å². The molecule has 2 aromatic heterocycles. The summed E-state index contributed by atoms with van der Waals surface area (Å²) in [5.74, 6) is -1.19. The van der Waals surface area contributed by atoms with Gasteiger partial charge < -0.3 is 5.32 Å². The van der Waals surface area contributed by atoms with Crippen molar-refractivity contribution in [2.24, 2.45) is 0 Å². The van der Waals surface area contributed by atoms with E-state index in [1.165, 1.54) is 23.4 Å². The third kappa shape index (κ3) is 3.58. The first-order valence-corrected chi connectivity index (χ1v) is 9.84. The summed E-state index contributed by atoms with van der Waals surface area (Å²) in [6.45, 7) is 5.91. The van der Waals surface area contributed by atoms with Crippen LogP contribution in [0.5, 0.6) is 0 Å².